The van der Waals surface area contributed by atoms with E-state index in [1.54, 1.807) is 0 Å². The summed E-state index contributed by atoms with van der Waals surface area (Å²) in [5, 5.41) is 10.3. The smallest absolute Gasteiger partial charge is 0.191 e. The summed E-state index contributed by atoms with van der Waals surface area (Å²) in [5.74, 6) is 2.15. The number of hydrogen-bond donors (Lipinski definition) is 1. The van der Waals surface area contributed by atoms with Gasteiger partial charge >= 0.3 is 0 Å². The first-order valence-electron chi connectivity index (χ1n) is 8.74. The lowest BCUT2D eigenvalue weighted by Crippen LogP contribution is -2.23. The largest absolute Gasteiger partial charge is 0.507 e. The monoisotopic (exact) mass is 313 g/mol. The van der Waals surface area contributed by atoms with Crippen molar-refractivity contribution in [2.75, 3.05) is 0 Å². The number of benzene rings is 1. The third-order valence-corrected chi connectivity index (χ3v) is 5.90. The third-order valence-electron chi connectivity index (χ3n) is 5.90. The molecule has 0 radical (unpaired) electrons. The molecule has 1 aromatic carbocycles. The van der Waals surface area contributed by atoms with Crippen molar-refractivity contribution in [1.29, 1.82) is 0 Å². The normalized spacial score (nSPS) is 18.3. The molecule has 3 heteroatoms. The Morgan fingerprint density at radius 1 is 1.26 bits per heavy atom. The van der Waals surface area contributed by atoms with Crippen LogP contribution in [0.1, 0.15) is 69.1 Å². The number of rotatable bonds is 4. The minimum absolute atomic E-state index is 0.273. The number of oxazole rings is 1. The van der Waals surface area contributed by atoms with Gasteiger partial charge in [0.05, 0.1) is 0 Å². The zero-order valence-corrected chi connectivity index (χ0v) is 14.6. The summed E-state index contributed by atoms with van der Waals surface area (Å²) in [4.78, 5) is 4.45. The molecule has 1 unspecified atom stereocenters. The summed E-state index contributed by atoms with van der Waals surface area (Å²) in [5.41, 5.74) is 3.24. The molecule has 0 bridgehead atoms. The lowest BCUT2D eigenvalue weighted by Gasteiger charge is -2.35. The average molecular weight is 313 g/mol. The van der Waals surface area contributed by atoms with Gasteiger partial charge in [0.15, 0.2) is 5.89 Å². The number of aromatic hydroxyl groups is 1. The SMILES string of the molecule is CCC1(C(C)c2ccc(O)c(-c3nc(C)oc3C)c2)CCCC1. The van der Waals surface area contributed by atoms with Crippen LogP contribution in [0.25, 0.3) is 11.3 Å². The molecule has 3 nitrogen and oxygen atoms in total. The number of phenols is 1. The molecule has 0 spiro atoms. The van der Waals surface area contributed by atoms with Crippen LogP contribution in [0.3, 0.4) is 0 Å². The van der Waals surface area contributed by atoms with Crippen molar-refractivity contribution in [2.24, 2.45) is 5.41 Å². The van der Waals surface area contributed by atoms with Crippen molar-refractivity contribution in [1.82, 2.24) is 4.98 Å². The highest BCUT2D eigenvalue weighted by Crippen LogP contribution is 2.51. The third kappa shape index (κ3) is 2.77. The highest BCUT2D eigenvalue weighted by atomic mass is 16.4. The Bertz CT molecular complexity index is 696. The highest BCUT2D eigenvalue weighted by Gasteiger charge is 2.38. The van der Waals surface area contributed by atoms with Crippen LogP contribution >= 0.6 is 0 Å². The lowest BCUT2D eigenvalue weighted by atomic mass is 9.69. The van der Waals surface area contributed by atoms with Crippen molar-refractivity contribution in [3.63, 3.8) is 0 Å². The minimum atomic E-state index is 0.273. The van der Waals surface area contributed by atoms with Crippen molar-refractivity contribution in [3.8, 4) is 17.0 Å². The fraction of sp³-hybridized carbons (Fsp3) is 0.550. The van der Waals surface area contributed by atoms with Crippen molar-refractivity contribution < 1.29 is 9.52 Å². The Labute approximate surface area is 138 Å². The first-order valence-corrected chi connectivity index (χ1v) is 8.74. The summed E-state index contributed by atoms with van der Waals surface area (Å²) >= 11 is 0. The van der Waals surface area contributed by atoms with Crippen LogP contribution in [-0.2, 0) is 0 Å². The van der Waals surface area contributed by atoms with E-state index < -0.39 is 0 Å². The lowest BCUT2D eigenvalue weighted by molar-refractivity contribution is 0.231. The minimum Gasteiger partial charge on any atom is -0.507 e. The number of hydrogen-bond acceptors (Lipinski definition) is 3. The molecular formula is C20H27NO2. The maximum Gasteiger partial charge on any atom is 0.191 e. The zero-order chi connectivity index (χ0) is 16.6. The van der Waals surface area contributed by atoms with Gasteiger partial charge in [-0.05, 0) is 55.2 Å². The molecule has 1 heterocycles. The van der Waals surface area contributed by atoms with E-state index in [2.05, 4.69) is 31.0 Å². The van der Waals surface area contributed by atoms with Gasteiger partial charge in [0.25, 0.3) is 0 Å². The second-order valence-corrected chi connectivity index (χ2v) is 7.06. The fourth-order valence-corrected chi connectivity index (χ4v) is 4.32. The van der Waals surface area contributed by atoms with Gasteiger partial charge in [0.1, 0.15) is 17.2 Å². The van der Waals surface area contributed by atoms with Crippen molar-refractivity contribution >= 4 is 0 Å². The van der Waals surface area contributed by atoms with E-state index in [0.29, 0.717) is 17.2 Å². The Morgan fingerprint density at radius 3 is 2.52 bits per heavy atom. The molecule has 1 N–H and O–H groups in total. The molecule has 1 fully saturated rings. The van der Waals surface area contributed by atoms with E-state index in [9.17, 15) is 5.11 Å². The molecule has 0 aliphatic heterocycles. The summed E-state index contributed by atoms with van der Waals surface area (Å²) in [6, 6.07) is 5.99. The molecule has 1 aliphatic carbocycles. The maximum atomic E-state index is 10.3. The van der Waals surface area contributed by atoms with Gasteiger partial charge in [0.2, 0.25) is 0 Å². The quantitative estimate of drug-likeness (QED) is 0.783. The van der Waals surface area contributed by atoms with Crippen LogP contribution in [0.15, 0.2) is 22.6 Å². The summed E-state index contributed by atoms with van der Waals surface area (Å²) in [6.07, 6.45) is 6.51. The number of nitrogens with zero attached hydrogens (tertiary/aromatic N) is 1. The molecule has 23 heavy (non-hydrogen) atoms. The summed E-state index contributed by atoms with van der Waals surface area (Å²) in [6.45, 7) is 8.39. The second kappa shape index (κ2) is 6.03. The van der Waals surface area contributed by atoms with Crippen LogP contribution < -0.4 is 0 Å². The van der Waals surface area contributed by atoms with Gasteiger partial charge in [0, 0.05) is 12.5 Å². The van der Waals surface area contributed by atoms with Crippen LogP contribution in [0.5, 0.6) is 5.75 Å². The summed E-state index contributed by atoms with van der Waals surface area (Å²) < 4.78 is 5.54. The molecule has 1 aliphatic rings. The maximum absolute atomic E-state index is 10.3. The topological polar surface area (TPSA) is 46.3 Å². The van der Waals surface area contributed by atoms with E-state index in [1.807, 2.05) is 19.9 Å². The number of phenolic OH excluding ortho intramolecular Hbond substituents is 1. The number of aromatic nitrogens is 1. The van der Waals surface area contributed by atoms with Gasteiger partial charge in [-0.15, -0.1) is 0 Å². The Morgan fingerprint density at radius 2 is 1.96 bits per heavy atom. The van der Waals surface area contributed by atoms with E-state index in [1.165, 1.54) is 37.7 Å². The number of aryl methyl sites for hydroxylation is 2. The Hall–Kier alpha value is -1.77. The summed E-state index contributed by atoms with van der Waals surface area (Å²) in [7, 11) is 0. The Kier molecular flexibility index (Phi) is 4.22. The highest BCUT2D eigenvalue weighted by molar-refractivity contribution is 5.69. The standard InChI is InChI=1S/C20H27NO2/c1-5-20(10-6-7-11-20)13(2)16-8-9-18(22)17(12-16)19-14(3)23-15(4)21-19/h8-9,12-13,22H,5-7,10-11H2,1-4H3. The molecule has 0 saturated heterocycles. The Balaban J connectivity index is 2.02. The van der Waals surface area contributed by atoms with Crippen LogP contribution in [0.4, 0.5) is 0 Å². The molecule has 0 amide bonds. The van der Waals surface area contributed by atoms with Gasteiger partial charge in [-0.2, -0.15) is 0 Å². The van der Waals surface area contributed by atoms with Gasteiger partial charge in [-0.1, -0.05) is 32.8 Å². The van der Waals surface area contributed by atoms with E-state index in [4.69, 9.17) is 4.42 Å². The van der Waals surface area contributed by atoms with Crippen molar-refractivity contribution in [3.05, 3.63) is 35.4 Å². The predicted octanol–water partition coefficient (Wildman–Crippen LogP) is 5.74. The second-order valence-electron chi connectivity index (χ2n) is 7.06. The zero-order valence-electron chi connectivity index (χ0n) is 14.6. The molecule has 124 valence electrons. The first-order chi connectivity index (χ1) is 11.0. The molecular weight excluding hydrogens is 286 g/mol. The van der Waals surface area contributed by atoms with Gasteiger partial charge in [-0.25, -0.2) is 4.98 Å². The molecule has 2 aromatic rings. The molecule has 3 rings (SSSR count). The van der Waals surface area contributed by atoms with Gasteiger partial charge < -0.3 is 9.52 Å². The van der Waals surface area contributed by atoms with Crippen LogP contribution in [0.2, 0.25) is 0 Å². The first kappa shape index (κ1) is 16.1. The molecule has 1 aromatic heterocycles. The van der Waals surface area contributed by atoms with E-state index in [0.717, 1.165) is 17.0 Å². The molecule has 1 atom stereocenters. The fourth-order valence-electron chi connectivity index (χ4n) is 4.32. The molecule has 1 saturated carbocycles. The van der Waals surface area contributed by atoms with E-state index >= 15 is 0 Å². The predicted molar refractivity (Wildman–Crippen MR) is 92.7 cm³/mol. The van der Waals surface area contributed by atoms with E-state index in [-0.39, 0.29) is 5.75 Å². The van der Waals surface area contributed by atoms with Gasteiger partial charge in [-0.3, -0.25) is 0 Å². The average Bonchev–Trinajstić information content (AvgIpc) is 3.14. The van der Waals surface area contributed by atoms with Crippen LogP contribution in [0, 0.1) is 19.3 Å². The van der Waals surface area contributed by atoms with Crippen LogP contribution in [-0.4, -0.2) is 10.1 Å². The van der Waals surface area contributed by atoms with Crippen molar-refractivity contribution in [2.45, 2.75) is 65.7 Å².